The van der Waals surface area contributed by atoms with E-state index in [1.165, 1.54) is 6.33 Å². The molecule has 0 aliphatic heterocycles. The van der Waals surface area contributed by atoms with Gasteiger partial charge >= 0.3 is 0 Å². The topological polar surface area (TPSA) is 75.6 Å². The van der Waals surface area contributed by atoms with Crippen molar-refractivity contribution >= 4 is 34.1 Å². The molecular weight excluding hydrogens is 333 g/mol. The highest BCUT2D eigenvalue weighted by atomic mass is 127. The highest BCUT2D eigenvalue weighted by molar-refractivity contribution is 14.1. The molecule has 2 N–H and O–H groups in total. The highest BCUT2D eigenvalue weighted by Crippen LogP contribution is 2.20. The third-order valence-corrected chi connectivity index (χ3v) is 3.29. The lowest BCUT2D eigenvalue weighted by Gasteiger charge is -2.05. The molecule has 0 aliphatic rings. The standard InChI is InChI=1S/C10H12IN5O/c1-3-6-7(4-16(2)15-6)14-9-8(11)10(17)13-5-12-9/h4-5H,3H2,1-2H3,(H2,12,13,14,17). The van der Waals surface area contributed by atoms with Crippen molar-refractivity contribution in [3.05, 3.63) is 32.1 Å². The quantitative estimate of drug-likeness (QED) is 0.825. The number of H-pyrrole nitrogens is 1. The SMILES string of the molecule is CCc1nn(C)cc1Nc1nc[nH]c(=O)c1I. The van der Waals surface area contributed by atoms with Crippen LogP contribution in [-0.4, -0.2) is 19.7 Å². The van der Waals surface area contributed by atoms with Crippen LogP contribution in [0, 0.1) is 3.57 Å². The van der Waals surface area contributed by atoms with E-state index in [1.807, 2.05) is 42.8 Å². The molecule has 0 saturated carbocycles. The lowest BCUT2D eigenvalue weighted by atomic mass is 10.3. The van der Waals surface area contributed by atoms with Gasteiger partial charge in [0.25, 0.3) is 5.56 Å². The number of nitrogens with zero attached hydrogens (tertiary/aromatic N) is 3. The first-order chi connectivity index (χ1) is 8.11. The number of aromatic nitrogens is 4. The van der Waals surface area contributed by atoms with Crippen LogP contribution in [0.25, 0.3) is 0 Å². The number of aryl methyl sites for hydroxylation is 2. The average Bonchev–Trinajstić information content (AvgIpc) is 2.65. The predicted molar refractivity (Wildman–Crippen MR) is 73.4 cm³/mol. The monoisotopic (exact) mass is 345 g/mol. The van der Waals surface area contributed by atoms with Gasteiger partial charge in [-0.3, -0.25) is 9.48 Å². The summed E-state index contributed by atoms with van der Waals surface area (Å²) in [5.74, 6) is 0.553. The number of hydrogen-bond acceptors (Lipinski definition) is 4. The molecule has 6 nitrogen and oxygen atoms in total. The normalized spacial score (nSPS) is 10.5. The molecular formula is C10H12IN5O. The molecule has 0 bridgehead atoms. The third kappa shape index (κ3) is 2.48. The summed E-state index contributed by atoms with van der Waals surface area (Å²) in [5.41, 5.74) is 1.68. The molecule has 2 aromatic rings. The summed E-state index contributed by atoms with van der Waals surface area (Å²) in [6, 6.07) is 0. The summed E-state index contributed by atoms with van der Waals surface area (Å²) in [4.78, 5) is 18.1. The number of anilines is 2. The van der Waals surface area contributed by atoms with Crippen LogP contribution >= 0.6 is 22.6 Å². The van der Waals surface area contributed by atoms with E-state index in [1.54, 1.807) is 4.68 Å². The Kier molecular flexibility index (Phi) is 3.46. The first kappa shape index (κ1) is 12.1. The summed E-state index contributed by atoms with van der Waals surface area (Å²) in [6.07, 6.45) is 4.08. The Morgan fingerprint density at radius 2 is 2.35 bits per heavy atom. The van der Waals surface area contributed by atoms with Crippen LogP contribution < -0.4 is 10.9 Å². The minimum Gasteiger partial charge on any atom is -0.336 e. The van der Waals surface area contributed by atoms with E-state index in [2.05, 4.69) is 20.4 Å². The summed E-state index contributed by atoms with van der Waals surface area (Å²) in [7, 11) is 1.86. The van der Waals surface area contributed by atoms with Gasteiger partial charge < -0.3 is 10.3 Å². The lowest BCUT2D eigenvalue weighted by molar-refractivity contribution is 0.746. The van der Waals surface area contributed by atoms with Crippen LogP contribution in [0.2, 0.25) is 0 Å². The van der Waals surface area contributed by atoms with Crippen LogP contribution in [0.4, 0.5) is 11.5 Å². The van der Waals surface area contributed by atoms with Gasteiger partial charge in [0.1, 0.15) is 3.57 Å². The van der Waals surface area contributed by atoms with Crippen molar-refractivity contribution in [1.82, 2.24) is 19.7 Å². The Morgan fingerprint density at radius 3 is 3.06 bits per heavy atom. The molecule has 0 atom stereocenters. The summed E-state index contributed by atoms with van der Waals surface area (Å²) >= 11 is 1.97. The Bertz CT molecular complexity index is 589. The fourth-order valence-electron chi connectivity index (χ4n) is 1.50. The van der Waals surface area contributed by atoms with Crippen LogP contribution in [-0.2, 0) is 13.5 Å². The van der Waals surface area contributed by atoms with Gasteiger partial charge in [-0.1, -0.05) is 6.92 Å². The van der Waals surface area contributed by atoms with Crippen molar-refractivity contribution in [3.63, 3.8) is 0 Å². The molecule has 0 unspecified atom stereocenters. The van der Waals surface area contributed by atoms with Gasteiger partial charge in [-0.05, 0) is 29.0 Å². The van der Waals surface area contributed by atoms with Crippen molar-refractivity contribution in [1.29, 1.82) is 0 Å². The molecule has 0 radical (unpaired) electrons. The molecule has 0 fully saturated rings. The zero-order valence-electron chi connectivity index (χ0n) is 9.49. The second-order valence-corrected chi connectivity index (χ2v) is 4.61. The van der Waals surface area contributed by atoms with E-state index >= 15 is 0 Å². The van der Waals surface area contributed by atoms with Gasteiger partial charge in [-0.25, -0.2) is 4.98 Å². The average molecular weight is 345 g/mol. The van der Waals surface area contributed by atoms with Gasteiger partial charge in [0, 0.05) is 13.2 Å². The first-order valence-electron chi connectivity index (χ1n) is 5.14. The van der Waals surface area contributed by atoms with Crippen LogP contribution in [0.3, 0.4) is 0 Å². The first-order valence-corrected chi connectivity index (χ1v) is 6.22. The second kappa shape index (κ2) is 4.86. The van der Waals surface area contributed by atoms with Crippen molar-refractivity contribution in [2.24, 2.45) is 7.05 Å². The molecule has 17 heavy (non-hydrogen) atoms. The number of aromatic amines is 1. The van der Waals surface area contributed by atoms with E-state index in [0.29, 0.717) is 9.39 Å². The van der Waals surface area contributed by atoms with Crippen molar-refractivity contribution in [3.8, 4) is 0 Å². The van der Waals surface area contributed by atoms with Crippen LogP contribution in [0.15, 0.2) is 17.3 Å². The lowest BCUT2D eigenvalue weighted by Crippen LogP contribution is -2.13. The van der Waals surface area contributed by atoms with E-state index < -0.39 is 0 Å². The van der Waals surface area contributed by atoms with E-state index in [-0.39, 0.29) is 5.56 Å². The fourth-order valence-corrected chi connectivity index (χ4v) is 1.93. The van der Waals surface area contributed by atoms with Crippen molar-refractivity contribution in [2.75, 3.05) is 5.32 Å². The van der Waals surface area contributed by atoms with Crippen molar-refractivity contribution in [2.45, 2.75) is 13.3 Å². The molecule has 2 rings (SSSR count). The van der Waals surface area contributed by atoms with Gasteiger partial charge in [-0.15, -0.1) is 0 Å². The molecule has 90 valence electrons. The van der Waals surface area contributed by atoms with Gasteiger partial charge in [0.15, 0.2) is 5.82 Å². The third-order valence-electron chi connectivity index (χ3n) is 2.29. The molecule has 0 saturated heterocycles. The van der Waals surface area contributed by atoms with Gasteiger partial charge in [0.2, 0.25) is 0 Å². The molecule has 0 aliphatic carbocycles. The zero-order chi connectivity index (χ0) is 12.4. The second-order valence-electron chi connectivity index (χ2n) is 3.54. The Hall–Kier alpha value is -1.38. The minimum atomic E-state index is -0.148. The Balaban J connectivity index is 2.37. The number of nitrogens with one attached hydrogen (secondary N) is 2. The van der Waals surface area contributed by atoms with E-state index in [0.717, 1.165) is 17.8 Å². The Labute approximate surface area is 112 Å². The summed E-state index contributed by atoms with van der Waals surface area (Å²) in [5, 5.41) is 7.45. The smallest absolute Gasteiger partial charge is 0.266 e. The van der Waals surface area contributed by atoms with Gasteiger partial charge in [0.05, 0.1) is 17.7 Å². The van der Waals surface area contributed by atoms with E-state index in [9.17, 15) is 4.79 Å². The molecule has 2 heterocycles. The maximum absolute atomic E-state index is 11.4. The maximum atomic E-state index is 11.4. The fraction of sp³-hybridized carbons (Fsp3) is 0.300. The van der Waals surface area contributed by atoms with Crippen molar-refractivity contribution < 1.29 is 0 Å². The number of halogens is 1. The maximum Gasteiger partial charge on any atom is 0.266 e. The zero-order valence-corrected chi connectivity index (χ0v) is 11.6. The number of hydrogen-bond donors (Lipinski definition) is 2. The minimum absolute atomic E-state index is 0.148. The number of rotatable bonds is 3. The van der Waals surface area contributed by atoms with Crippen LogP contribution in [0.1, 0.15) is 12.6 Å². The van der Waals surface area contributed by atoms with Crippen LogP contribution in [0.5, 0.6) is 0 Å². The van der Waals surface area contributed by atoms with Gasteiger partial charge in [-0.2, -0.15) is 5.10 Å². The summed E-state index contributed by atoms with van der Waals surface area (Å²) < 4.78 is 2.28. The summed E-state index contributed by atoms with van der Waals surface area (Å²) in [6.45, 7) is 2.03. The van der Waals surface area contributed by atoms with E-state index in [4.69, 9.17) is 0 Å². The largest absolute Gasteiger partial charge is 0.336 e. The molecule has 7 heteroatoms. The molecule has 2 aromatic heterocycles. The molecule has 0 amide bonds. The molecule has 0 aromatic carbocycles. The highest BCUT2D eigenvalue weighted by Gasteiger charge is 2.10. The molecule has 0 spiro atoms. The Morgan fingerprint density at radius 1 is 1.59 bits per heavy atom. The predicted octanol–water partition coefficient (Wildman–Crippen LogP) is 1.41.